The van der Waals surface area contributed by atoms with Gasteiger partial charge in [0.25, 0.3) is 0 Å². The number of rotatable bonds is 2. The van der Waals surface area contributed by atoms with E-state index in [9.17, 15) is 13.9 Å². The lowest BCUT2D eigenvalue weighted by molar-refractivity contribution is -0.126. The Labute approximate surface area is 106 Å². The summed E-state index contributed by atoms with van der Waals surface area (Å²) in [5, 5.41) is 10.7. The molecule has 0 radical (unpaired) electrons. The van der Waals surface area contributed by atoms with Gasteiger partial charge in [-0.25, -0.2) is 8.78 Å². The third kappa shape index (κ3) is 2.04. The Hall–Kier alpha value is -1.00. The zero-order valence-electron chi connectivity index (χ0n) is 10.7. The third-order valence-corrected chi connectivity index (χ3v) is 3.81. The number of aryl methyl sites for hydroxylation is 1. The molecule has 2 atom stereocenters. The summed E-state index contributed by atoms with van der Waals surface area (Å²) in [6.45, 7) is 1.56. The summed E-state index contributed by atoms with van der Waals surface area (Å²) in [6.07, 6.45) is 2.01. The molecule has 18 heavy (non-hydrogen) atoms. The van der Waals surface area contributed by atoms with Crippen molar-refractivity contribution in [3.63, 3.8) is 0 Å². The fourth-order valence-electron chi connectivity index (χ4n) is 2.78. The van der Waals surface area contributed by atoms with Crippen LogP contribution in [0.25, 0.3) is 0 Å². The molecule has 1 aromatic carbocycles. The molecule has 1 aromatic rings. The number of methoxy groups -OCH3 is 1. The van der Waals surface area contributed by atoms with Crippen LogP contribution in [0.3, 0.4) is 0 Å². The van der Waals surface area contributed by atoms with Gasteiger partial charge in [-0.2, -0.15) is 0 Å². The smallest absolute Gasteiger partial charge is 0.135 e. The number of hydrogen-bond donors (Lipinski definition) is 1. The molecule has 100 valence electrons. The lowest BCUT2D eigenvalue weighted by atomic mass is 9.76. The molecule has 0 bridgehead atoms. The van der Waals surface area contributed by atoms with E-state index in [2.05, 4.69) is 0 Å². The van der Waals surface area contributed by atoms with E-state index in [0.29, 0.717) is 18.4 Å². The predicted octanol–water partition coefficient (Wildman–Crippen LogP) is 3.05. The molecule has 1 N–H and O–H groups in total. The molecule has 0 aliphatic heterocycles. The van der Waals surface area contributed by atoms with Crippen molar-refractivity contribution in [2.45, 2.75) is 44.3 Å². The molecule has 2 unspecified atom stereocenters. The van der Waals surface area contributed by atoms with Gasteiger partial charge < -0.3 is 9.84 Å². The van der Waals surface area contributed by atoms with Gasteiger partial charge >= 0.3 is 0 Å². The summed E-state index contributed by atoms with van der Waals surface area (Å²) in [5.41, 5.74) is -1.47. The Kier molecular flexibility index (Phi) is 3.69. The molecule has 0 aromatic heterocycles. The van der Waals surface area contributed by atoms with E-state index >= 15 is 0 Å². The van der Waals surface area contributed by atoms with Gasteiger partial charge in [0.2, 0.25) is 0 Å². The van der Waals surface area contributed by atoms with Crippen molar-refractivity contribution in [1.29, 1.82) is 0 Å². The molecule has 0 amide bonds. The van der Waals surface area contributed by atoms with Crippen LogP contribution in [0, 0.1) is 18.6 Å². The van der Waals surface area contributed by atoms with Crippen LogP contribution in [0.2, 0.25) is 0 Å². The molecular weight excluding hydrogens is 238 g/mol. The van der Waals surface area contributed by atoms with Gasteiger partial charge in [-0.3, -0.25) is 0 Å². The second-order valence-corrected chi connectivity index (χ2v) is 4.95. The highest BCUT2D eigenvalue weighted by Crippen LogP contribution is 2.41. The van der Waals surface area contributed by atoms with E-state index in [-0.39, 0.29) is 5.56 Å². The monoisotopic (exact) mass is 256 g/mol. The fraction of sp³-hybridized carbons (Fsp3) is 0.571. The molecule has 1 fully saturated rings. The van der Waals surface area contributed by atoms with Crippen molar-refractivity contribution in [3.8, 4) is 0 Å². The zero-order valence-corrected chi connectivity index (χ0v) is 10.7. The number of aliphatic hydroxyl groups is 1. The van der Waals surface area contributed by atoms with Gasteiger partial charge in [0, 0.05) is 7.11 Å². The first-order valence-electron chi connectivity index (χ1n) is 6.21. The Morgan fingerprint density at radius 2 is 2.06 bits per heavy atom. The standard InChI is InChI=1S/C14H18F2O2/c1-9-6-7-10(15)12(13(9)16)14(17)8-4-3-5-11(14)18-2/h6-7,11,17H,3-5,8H2,1-2H3. The molecule has 0 heterocycles. The van der Waals surface area contributed by atoms with Crippen LogP contribution in [0.1, 0.15) is 36.8 Å². The van der Waals surface area contributed by atoms with Crippen LogP contribution in [0.4, 0.5) is 8.78 Å². The topological polar surface area (TPSA) is 29.5 Å². The van der Waals surface area contributed by atoms with Crippen molar-refractivity contribution in [2.24, 2.45) is 0 Å². The number of benzene rings is 1. The highest BCUT2D eigenvalue weighted by atomic mass is 19.1. The lowest BCUT2D eigenvalue weighted by Crippen LogP contribution is -2.44. The van der Waals surface area contributed by atoms with Crippen LogP contribution < -0.4 is 0 Å². The van der Waals surface area contributed by atoms with Crippen LogP contribution in [-0.4, -0.2) is 18.3 Å². The second-order valence-electron chi connectivity index (χ2n) is 4.95. The average Bonchev–Trinajstić information content (AvgIpc) is 2.35. The minimum atomic E-state index is -1.56. The lowest BCUT2D eigenvalue weighted by Gasteiger charge is -2.39. The van der Waals surface area contributed by atoms with Crippen molar-refractivity contribution in [3.05, 3.63) is 34.9 Å². The van der Waals surface area contributed by atoms with E-state index in [1.807, 2.05) is 0 Å². The Bertz CT molecular complexity index is 448. The molecular formula is C14H18F2O2. The molecule has 0 saturated heterocycles. The minimum Gasteiger partial charge on any atom is -0.382 e. The van der Waals surface area contributed by atoms with Crippen LogP contribution in [0.15, 0.2) is 12.1 Å². The Balaban J connectivity index is 2.54. The number of halogens is 2. The summed E-state index contributed by atoms with van der Waals surface area (Å²) in [7, 11) is 1.46. The van der Waals surface area contributed by atoms with Crippen molar-refractivity contribution < 1.29 is 18.6 Å². The minimum absolute atomic E-state index is 0.242. The molecule has 1 aliphatic rings. The third-order valence-electron chi connectivity index (χ3n) is 3.81. The van der Waals surface area contributed by atoms with Crippen molar-refractivity contribution in [1.82, 2.24) is 0 Å². The van der Waals surface area contributed by atoms with Gasteiger partial charge in [0.1, 0.15) is 17.2 Å². The van der Waals surface area contributed by atoms with Gasteiger partial charge in [-0.15, -0.1) is 0 Å². The summed E-state index contributed by atoms with van der Waals surface area (Å²) in [6, 6.07) is 2.58. The van der Waals surface area contributed by atoms with E-state index in [1.165, 1.54) is 19.2 Å². The average molecular weight is 256 g/mol. The number of hydrogen-bond acceptors (Lipinski definition) is 2. The fourth-order valence-corrected chi connectivity index (χ4v) is 2.78. The summed E-state index contributed by atoms with van der Waals surface area (Å²) >= 11 is 0. The van der Waals surface area contributed by atoms with Gasteiger partial charge in [0.15, 0.2) is 0 Å². The van der Waals surface area contributed by atoms with Crippen molar-refractivity contribution in [2.75, 3.05) is 7.11 Å². The maximum Gasteiger partial charge on any atom is 0.135 e. The van der Waals surface area contributed by atoms with Gasteiger partial charge in [-0.1, -0.05) is 18.9 Å². The normalized spacial score (nSPS) is 28.4. The molecule has 1 saturated carbocycles. The van der Waals surface area contributed by atoms with Crippen LogP contribution in [-0.2, 0) is 10.3 Å². The maximum absolute atomic E-state index is 14.1. The quantitative estimate of drug-likeness (QED) is 0.881. The van der Waals surface area contributed by atoms with Crippen LogP contribution >= 0.6 is 0 Å². The van der Waals surface area contributed by atoms with Crippen molar-refractivity contribution >= 4 is 0 Å². The predicted molar refractivity (Wildman–Crippen MR) is 64.3 cm³/mol. The largest absolute Gasteiger partial charge is 0.382 e. The molecule has 4 heteroatoms. The first-order valence-corrected chi connectivity index (χ1v) is 6.21. The summed E-state index contributed by atoms with van der Waals surface area (Å²) < 4.78 is 33.3. The Morgan fingerprint density at radius 3 is 2.72 bits per heavy atom. The van der Waals surface area contributed by atoms with E-state index in [0.717, 1.165) is 12.8 Å². The van der Waals surface area contributed by atoms with Crippen LogP contribution in [0.5, 0.6) is 0 Å². The SMILES string of the molecule is COC1CCCCC1(O)c1c(F)ccc(C)c1F. The van der Waals surface area contributed by atoms with Gasteiger partial charge in [-0.05, 0) is 31.4 Å². The zero-order chi connectivity index (χ0) is 13.3. The van der Waals surface area contributed by atoms with E-state index < -0.39 is 23.3 Å². The first kappa shape index (κ1) is 13.4. The highest BCUT2D eigenvalue weighted by molar-refractivity contribution is 5.33. The highest BCUT2D eigenvalue weighted by Gasteiger charge is 2.44. The second kappa shape index (κ2) is 4.94. The van der Waals surface area contributed by atoms with E-state index in [4.69, 9.17) is 4.74 Å². The Morgan fingerprint density at radius 1 is 1.33 bits per heavy atom. The molecule has 2 rings (SSSR count). The molecule has 2 nitrogen and oxygen atoms in total. The number of ether oxygens (including phenoxy) is 1. The summed E-state index contributed by atoms with van der Waals surface area (Å²) in [5.74, 6) is -1.37. The first-order chi connectivity index (χ1) is 8.50. The summed E-state index contributed by atoms with van der Waals surface area (Å²) in [4.78, 5) is 0. The maximum atomic E-state index is 14.1. The van der Waals surface area contributed by atoms with Gasteiger partial charge in [0.05, 0.1) is 11.7 Å². The molecule has 1 aliphatic carbocycles. The van der Waals surface area contributed by atoms with E-state index in [1.54, 1.807) is 6.92 Å². The molecule has 0 spiro atoms.